The number of carboxylic acids is 1. The Bertz CT molecular complexity index is 383. The summed E-state index contributed by atoms with van der Waals surface area (Å²) in [5.74, 6) is -1.70. The molecule has 7 nitrogen and oxygen atoms in total. The van der Waals surface area contributed by atoms with E-state index in [1.807, 2.05) is 0 Å². The Morgan fingerprint density at radius 2 is 1.89 bits per heavy atom. The van der Waals surface area contributed by atoms with E-state index in [0.717, 1.165) is 0 Å². The van der Waals surface area contributed by atoms with Crippen molar-refractivity contribution in [2.45, 2.75) is 19.9 Å². The van der Waals surface area contributed by atoms with Gasteiger partial charge in [0, 0.05) is 27.2 Å². The fourth-order valence-corrected chi connectivity index (χ4v) is 2.18. The Morgan fingerprint density at radius 3 is 2.32 bits per heavy atom. The third kappa shape index (κ3) is 3.59. The molecule has 2 N–H and O–H groups in total. The molecule has 3 amide bonds. The molecule has 0 aromatic carbocycles. The van der Waals surface area contributed by atoms with Gasteiger partial charge in [0.15, 0.2) is 0 Å². The van der Waals surface area contributed by atoms with Crippen LogP contribution in [-0.2, 0) is 9.59 Å². The molecular formula is C12H21N3O4. The smallest absolute Gasteiger partial charge is 0.318 e. The van der Waals surface area contributed by atoms with Crippen LogP contribution in [0.15, 0.2) is 0 Å². The number of nitrogens with zero attached hydrogens (tertiary/aromatic N) is 2. The number of hydrogen-bond acceptors (Lipinski definition) is 3. The van der Waals surface area contributed by atoms with Crippen molar-refractivity contribution in [1.29, 1.82) is 0 Å². The third-order valence-electron chi connectivity index (χ3n) is 3.37. The Hall–Kier alpha value is -1.79. The van der Waals surface area contributed by atoms with Crippen LogP contribution in [0.5, 0.6) is 0 Å². The van der Waals surface area contributed by atoms with Gasteiger partial charge in [0.1, 0.15) is 6.04 Å². The number of rotatable bonds is 3. The van der Waals surface area contributed by atoms with Gasteiger partial charge in [-0.2, -0.15) is 0 Å². The highest BCUT2D eigenvalue weighted by Crippen LogP contribution is 2.23. The molecule has 0 bridgehead atoms. The molecule has 3 atom stereocenters. The van der Waals surface area contributed by atoms with Crippen molar-refractivity contribution in [3.8, 4) is 0 Å². The van der Waals surface area contributed by atoms with E-state index in [1.165, 1.54) is 9.80 Å². The molecule has 0 aliphatic carbocycles. The molecule has 1 fully saturated rings. The first kappa shape index (κ1) is 15.3. The van der Waals surface area contributed by atoms with Gasteiger partial charge in [0.05, 0.1) is 5.92 Å². The minimum absolute atomic E-state index is 0.0805. The zero-order chi connectivity index (χ0) is 14.7. The molecule has 1 aliphatic rings. The standard InChI is InChI=1S/C12H21N3O4/c1-7-5-15(6-9(7)11(17)18)12(19)13-8(2)10(16)14(3)4/h7-9H,5-6H2,1-4H3,(H,13,19)(H,17,18)/t7-,8?,9-/m1/s1. The Morgan fingerprint density at radius 1 is 1.32 bits per heavy atom. The highest BCUT2D eigenvalue weighted by molar-refractivity contribution is 5.86. The average molecular weight is 271 g/mol. The van der Waals surface area contributed by atoms with E-state index in [2.05, 4.69) is 5.32 Å². The Balaban J connectivity index is 2.56. The third-order valence-corrected chi connectivity index (χ3v) is 3.37. The molecule has 1 aliphatic heterocycles. The first-order valence-corrected chi connectivity index (χ1v) is 6.23. The maximum Gasteiger partial charge on any atom is 0.318 e. The Kier molecular flexibility index (Phi) is 4.74. The number of nitrogens with one attached hydrogen (secondary N) is 1. The van der Waals surface area contributed by atoms with E-state index >= 15 is 0 Å². The van der Waals surface area contributed by atoms with Gasteiger partial charge >= 0.3 is 12.0 Å². The maximum absolute atomic E-state index is 11.9. The summed E-state index contributed by atoms with van der Waals surface area (Å²) in [5.41, 5.74) is 0. The van der Waals surface area contributed by atoms with Crippen molar-refractivity contribution in [1.82, 2.24) is 15.1 Å². The zero-order valence-electron chi connectivity index (χ0n) is 11.7. The topological polar surface area (TPSA) is 90.0 Å². The molecule has 0 radical (unpaired) electrons. The number of carbonyl (C=O) groups is 3. The largest absolute Gasteiger partial charge is 0.481 e. The van der Waals surface area contributed by atoms with Crippen LogP contribution < -0.4 is 5.32 Å². The first-order chi connectivity index (χ1) is 8.73. The average Bonchev–Trinajstić information content (AvgIpc) is 2.70. The van der Waals surface area contributed by atoms with Crippen LogP contribution >= 0.6 is 0 Å². The molecule has 0 aromatic rings. The second kappa shape index (κ2) is 5.90. The molecule has 1 heterocycles. The monoisotopic (exact) mass is 271 g/mol. The number of likely N-dealkylation sites (N-methyl/N-ethyl adjacent to an activating group) is 1. The fourth-order valence-electron chi connectivity index (χ4n) is 2.18. The molecule has 0 spiro atoms. The lowest BCUT2D eigenvalue weighted by Crippen LogP contribution is -2.49. The lowest BCUT2D eigenvalue weighted by molar-refractivity contribution is -0.142. The van der Waals surface area contributed by atoms with E-state index in [-0.39, 0.29) is 18.4 Å². The number of aliphatic carboxylic acids is 1. The summed E-state index contributed by atoms with van der Waals surface area (Å²) in [6.07, 6.45) is 0. The SMILES string of the molecule is CC(NC(=O)N1C[C@@H](C)[C@H](C(=O)O)C1)C(=O)N(C)C. The number of carbonyl (C=O) groups excluding carboxylic acids is 2. The van der Waals surface area contributed by atoms with Gasteiger partial charge in [-0.1, -0.05) is 6.92 Å². The van der Waals surface area contributed by atoms with Crippen LogP contribution in [0, 0.1) is 11.8 Å². The molecule has 19 heavy (non-hydrogen) atoms. The normalized spacial score (nSPS) is 23.9. The molecule has 0 aromatic heterocycles. The van der Waals surface area contributed by atoms with Crippen LogP contribution in [-0.4, -0.2) is 66.0 Å². The molecule has 1 saturated heterocycles. The van der Waals surface area contributed by atoms with Crippen molar-refractivity contribution in [2.24, 2.45) is 11.8 Å². The van der Waals surface area contributed by atoms with Gasteiger partial charge in [-0.05, 0) is 12.8 Å². The van der Waals surface area contributed by atoms with Gasteiger partial charge in [-0.15, -0.1) is 0 Å². The lowest BCUT2D eigenvalue weighted by Gasteiger charge is -2.22. The van der Waals surface area contributed by atoms with E-state index in [1.54, 1.807) is 27.9 Å². The van der Waals surface area contributed by atoms with Crippen molar-refractivity contribution in [2.75, 3.05) is 27.2 Å². The summed E-state index contributed by atoms with van der Waals surface area (Å²) in [6, 6.07) is -1.01. The quantitative estimate of drug-likeness (QED) is 0.745. The molecule has 0 saturated carbocycles. The van der Waals surface area contributed by atoms with Gasteiger partial charge < -0.3 is 20.2 Å². The molecular weight excluding hydrogens is 250 g/mol. The predicted molar refractivity (Wildman–Crippen MR) is 68.6 cm³/mol. The predicted octanol–water partition coefficient (Wildman–Crippen LogP) is -0.175. The van der Waals surface area contributed by atoms with E-state index in [9.17, 15) is 14.4 Å². The number of hydrogen-bond donors (Lipinski definition) is 2. The van der Waals surface area contributed by atoms with Crippen molar-refractivity contribution < 1.29 is 19.5 Å². The summed E-state index contributed by atoms with van der Waals surface area (Å²) < 4.78 is 0. The van der Waals surface area contributed by atoms with Crippen LogP contribution in [0.4, 0.5) is 4.79 Å². The molecule has 1 unspecified atom stereocenters. The van der Waals surface area contributed by atoms with E-state index < -0.39 is 24.0 Å². The maximum atomic E-state index is 11.9. The van der Waals surface area contributed by atoms with E-state index in [4.69, 9.17) is 5.11 Å². The van der Waals surface area contributed by atoms with Crippen LogP contribution in [0.2, 0.25) is 0 Å². The Labute approximate surface area is 112 Å². The van der Waals surface area contributed by atoms with Gasteiger partial charge in [-0.3, -0.25) is 9.59 Å². The number of likely N-dealkylation sites (tertiary alicyclic amines) is 1. The van der Waals surface area contributed by atoms with Crippen LogP contribution in [0.3, 0.4) is 0 Å². The second-order valence-corrected chi connectivity index (χ2v) is 5.23. The van der Waals surface area contributed by atoms with Gasteiger partial charge in [0.2, 0.25) is 5.91 Å². The highest BCUT2D eigenvalue weighted by Gasteiger charge is 2.37. The summed E-state index contributed by atoms with van der Waals surface area (Å²) in [5, 5.41) is 11.6. The second-order valence-electron chi connectivity index (χ2n) is 5.23. The lowest BCUT2D eigenvalue weighted by atomic mass is 9.99. The fraction of sp³-hybridized carbons (Fsp3) is 0.750. The minimum atomic E-state index is -0.889. The number of carboxylic acid groups (broad SMARTS) is 1. The molecule has 7 heteroatoms. The van der Waals surface area contributed by atoms with Gasteiger partial charge in [-0.25, -0.2) is 4.79 Å². The highest BCUT2D eigenvalue weighted by atomic mass is 16.4. The van der Waals surface area contributed by atoms with Crippen LogP contribution in [0.25, 0.3) is 0 Å². The number of urea groups is 1. The zero-order valence-corrected chi connectivity index (χ0v) is 11.7. The van der Waals surface area contributed by atoms with Crippen molar-refractivity contribution in [3.05, 3.63) is 0 Å². The summed E-state index contributed by atoms with van der Waals surface area (Å²) >= 11 is 0. The summed E-state index contributed by atoms with van der Waals surface area (Å²) in [4.78, 5) is 37.4. The molecule has 108 valence electrons. The van der Waals surface area contributed by atoms with Crippen LogP contribution in [0.1, 0.15) is 13.8 Å². The van der Waals surface area contributed by atoms with Crippen molar-refractivity contribution in [3.63, 3.8) is 0 Å². The minimum Gasteiger partial charge on any atom is -0.481 e. The summed E-state index contributed by atoms with van der Waals surface area (Å²) in [7, 11) is 3.23. The van der Waals surface area contributed by atoms with Crippen molar-refractivity contribution >= 4 is 17.9 Å². The first-order valence-electron chi connectivity index (χ1n) is 6.23. The van der Waals surface area contributed by atoms with E-state index in [0.29, 0.717) is 6.54 Å². The van der Waals surface area contributed by atoms with Gasteiger partial charge in [0.25, 0.3) is 0 Å². The molecule has 1 rings (SSSR count). The summed E-state index contributed by atoms with van der Waals surface area (Å²) in [6.45, 7) is 3.99. The number of amides is 3.